The first-order valence-electron chi connectivity index (χ1n) is 7.42. The van der Waals surface area contributed by atoms with E-state index in [1.54, 1.807) is 4.90 Å². The van der Waals surface area contributed by atoms with E-state index >= 15 is 0 Å². The molecule has 0 aromatic heterocycles. The van der Waals surface area contributed by atoms with Crippen molar-refractivity contribution in [1.82, 2.24) is 10.2 Å². The fourth-order valence-electron chi connectivity index (χ4n) is 2.74. The lowest BCUT2D eigenvalue weighted by atomic mass is 10.1. The summed E-state index contributed by atoms with van der Waals surface area (Å²) in [7, 11) is 1.88. The van der Waals surface area contributed by atoms with Crippen LogP contribution in [0.3, 0.4) is 0 Å². The van der Waals surface area contributed by atoms with Crippen molar-refractivity contribution in [2.24, 2.45) is 5.92 Å². The number of benzene rings is 1. The number of rotatable bonds is 6. The third-order valence-corrected chi connectivity index (χ3v) is 3.93. The second-order valence-electron chi connectivity index (χ2n) is 5.60. The van der Waals surface area contributed by atoms with Gasteiger partial charge in [-0.25, -0.2) is 8.78 Å². The summed E-state index contributed by atoms with van der Waals surface area (Å²) in [6.07, 6.45) is 0.948. The van der Waals surface area contributed by atoms with Crippen molar-refractivity contribution < 1.29 is 18.4 Å². The van der Waals surface area contributed by atoms with E-state index in [-0.39, 0.29) is 24.3 Å². The van der Waals surface area contributed by atoms with Crippen molar-refractivity contribution >= 4 is 11.7 Å². The lowest BCUT2D eigenvalue weighted by Gasteiger charge is -2.16. The Bertz CT molecular complexity index is 563. The summed E-state index contributed by atoms with van der Waals surface area (Å²) >= 11 is 0. The molecule has 1 unspecified atom stereocenters. The van der Waals surface area contributed by atoms with Crippen LogP contribution in [0.25, 0.3) is 0 Å². The van der Waals surface area contributed by atoms with E-state index in [2.05, 4.69) is 5.32 Å². The molecular weight excluding hydrogens is 290 g/mol. The molecule has 6 heteroatoms. The van der Waals surface area contributed by atoms with E-state index in [4.69, 9.17) is 0 Å². The molecule has 0 radical (unpaired) electrons. The normalized spacial score (nSPS) is 17.8. The molecule has 1 aliphatic heterocycles. The average molecular weight is 310 g/mol. The van der Waals surface area contributed by atoms with Gasteiger partial charge in [0.25, 0.3) is 0 Å². The number of amides is 1. The van der Waals surface area contributed by atoms with E-state index < -0.39 is 17.4 Å². The van der Waals surface area contributed by atoms with Gasteiger partial charge in [0.15, 0.2) is 5.78 Å². The molecular formula is C16H20F2N2O2. The van der Waals surface area contributed by atoms with Gasteiger partial charge in [-0.2, -0.15) is 0 Å². The summed E-state index contributed by atoms with van der Waals surface area (Å²) in [4.78, 5) is 25.7. The number of nitrogens with zero attached hydrogens (tertiary/aromatic N) is 1. The Morgan fingerprint density at radius 1 is 1.32 bits per heavy atom. The maximum Gasteiger partial charge on any atom is 0.223 e. The van der Waals surface area contributed by atoms with Gasteiger partial charge in [0, 0.05) is 32.0 Å². The van der Waals surface area contributed by atoms with Crippen molar-refractivity contribution in [3.05, 3.63) is 35.4 Å². The summed E-state index contributed by atoms with van der Waals surface area (Å²) in [5, 5.41) is 3.09. The lowest BCUT2D eigenvalue weighted by Crippen LogP contribution is -2.30. The topological polar surface area (TPSA) is 49.4 Å². The Labute approximate surface area is 128 Å². The molecule has 1 heterocycles. The second kappa shape index (κ2) is 7.45. The first-order valence-corrected chi connectivity index (χ1v) is 7.42. The highest BCUT2D eigenvalue weighted by molar-refractivity contribution is 5.98. The quantitative estimate of drug-likeness (QED) is 0.818. The monoisotopic (exact) mass is 310 g/mol. The number of hydrogen-bond donors (Lipinski definition) is 1. The predicted molar refractivity (Wildman–Crippen MR) is 78.5 cm³/mol. The predicted octanol–water partition coefficient (Wildman–Crippen LogP) is 2.00. The van der Waals surface area contributed by atoms with Crippen LogP contribution < -0.4 is 5.32 Å². The van der Waals surface area contributed by atoms with Gasteiger partial charge < -0.3 is 10.2 Å². The van der Waals surface area contributed by atoms with Crippen molar-refractivity contribution in [3.8, 4) is 0 Å². The highest BCUT2D eigenvalue weighted by Crippen LogP contribution is 2.18. The van der Waals surface area contributed by atoms with Gasteiger partial charge >= 0.3 is 0 Å². The van der Waals surface area contributed by atoms with E-state index in [0.29, 0.717) is 25.1 Å². The Morgan fingerprint density at radius 2 is 2.09 bits per heavy atom. The van der Waals surface area contributed by atoms with Gasteiger partial charge in [-0.3, -0.25) is 9.59 Å². The number of ketones is 1. The third kappa shape index (κ3) is 4.10. The van der Waals surface area contributed by atoms with Crippen LogP contribution in [0.2, 0.25) is 0 Å². The minimum Gasteiger partial charge on any atom is -0.342 e. The van der Waals surface area contributed by atoms with Crippen molar-refractivity contribution in [2.75, 3.05) is 26.7 Å². The Kier molecular flexibility index (Phi) is 5.60. The molecule has 0 spiro atoms. The molecule has 2 rings (SSSR count). The number of hydrogen-bond acceptors (Lipinski definition) is 3. The van der Waals surface area contributed by atoms with Gasteiger partial charge in [-0.1, -0.05) is 0 Å². The average Bonchev–Trinajstić information content (AvgIpc) is 2.93. The van der Waals surface area contributed by atoms with Gasteiger partial charge in [-0.15, -0.1) is 0 Å². The Morgan fingerprint density at radius 3 is 2.77 bits per heavy atom. The number of carbonyl (C=O) groups is 2. The molecule has 0 saturated carbocycles. The molecule has 22 heavy (non-hydrogen) atoms. The van der Waals surface area contributed by atoms with Crippen LogP contribution in [0.1, 0.15) is 29.6 Å². The van der Waals surface area contributed by atoms with E-state index in [9.17, 15) is 18.4 Å². The van der Waals surface area contributed by atoms with Crippen molar-refractivity contribution in [2.45, 2.75) is 19.3 Å². The summed E-state index contributed by atoms with van der Waals surface area (Å²) in [5.41, 5.74) is -0.163. The first-order chi connectivity index (χ1) is 10.5. The van der Waals surface area contributed by atoms with Crippen LogP contribution >= 0.6 is 0 Å². The van der Waals surface area contributed by atoms with Gasteiger partial charge in [0.1, 0.15) is 11.6 Å². The highest BCUT2D eigenvalue weighted by atomic mass is 19.1. The molecule has 0 aliphatic carbocycles. The second-order valence-corrected chi connectivity index (χ2v) is 5.60. The number of likely N-dealkylation sites (tertiary alicyclic amines) is 1. The van der Waals surface area contributed by atoms with Crippen molar-refractivity contribution in [3.63, 3.8) is 0 Å². The van der Waals surface area contributed by atoms with E-state index in [0.717, 1.165) is 25.1 Å². The number of nitrogens with one attached hydrogen (secondary N) is 1. The summed E-state index contributed by atoms with van der Waals surface area (Å²) in [6, 6.07) is 2.84. The molecule has 1 aromatic carbocycles. The number of Topliss-reactive ketones (excluding diaryl/α,β-unsaturated/α-hetero) is 1. The van der Waals surface area contributed by atoms with Gasteiger partial charge in [0.05, 0.1) is 5.56 Å². The molecule has 1 atom stereocenters. The number of carbonyl (C=O) groups excluding carboxylic acids is 2. The number of halogens is 2. The maximum atomic E-state index is 13.5. The van der Waals surface area contributed by atoms with E-state index in [1.165, 1.54) is 0 Å². The zero-order valence-corrected chi connectivity index (χ0v) is 12.6. The molecule has 4 nitrogen and oxygen atoms in total. The maximum absolute atomic E-state index is 13.5. The minimum absolute atomic E-state index is 0.0575. The Hall–Kier alpha value is -1.82. The molecule has 1 saturated heterocycles. The molecule has 0 bridgehead atoms. The van der Waals surface area contributed by atoms with Gasteiger partial charge in [-0.05, 0) is 38.1 Å². The fraction of sp³-hybridized carbons (Fsp3) is 0.500. The Balaban J connectivity index is 1.85. The summed E-state index contributed by atoms with van der Waals surface area (Å²) < 4.78 is 26.3. The molecule has 1 aromatic rings. The van der Waals surface area contributed by atoms with Crippen LogP contribution in [0.4, 0.5) is 8.78 Å². The molecule has 1 N–H and O–H groups in total. The van der Waals surface area contributed by atoms with Crippen LogP contribution in [0.15, 0.2) is 18.2 Å². The molecule has 1 fully saturated rings. The highest BCUT2D eigenvalue weighted by Gasteiger charge is 2.26. The SMILES string of the molecule is CNCC1CCN(C(=O)CCC(=O)c2ccc(F)cc2F)C1. The van der Waals surface area contributed by atoms with Crippen LogP contribution in [-0.4, -0.2) is 43.3 Å². The zero-order valence-electron chi connectivity index (χ0n) is 12.6. The smallest absolute Gasteiger partial charge is 0.223 e. The summed E-state index contributed by atoms with van der Waals surface area (Å²) in [5.74, 6) is -1.73. The molecule has 1 amide bonds. The molecule has 120 valence electrons. The first kappa shape index (κ1) is 16.5. The fourth-order valence-corrected chi connectivity index (χ4v) is 2.74. The van der Waals surface area contributed by atoms with Crippen LogP contribution in [-0.2, 0) is 4.79 Å². The standard InChI is InChI=1S/C16H20F2N2O2/c1-19-9-11-6-7-20(10-11)16(22)5-4-15(21)13-3-2-12(17)8-14(13)18/h2-3,8,11,19H,4-7,9-10H2,1H3. The third-order valence-electron chi connectivity index (χ3n) is 3.93. The van der Waals surface area contributed by atoms with E-state index in [1.807, 2.05) is 7.05 Å². The van der Waals surface area contributed by atoms with Crippen molar-refractivity contribution in [1.29, 1.82) is 0 Å². The summed E-state index contributed by atoms with van der Waals surface area (Å²) in [6.45, 7) is 2.26. The van der Waals surface area contributed by atoms with Crippen LogP contribution in [0, 0.1) is 17.6 Å². The zero-order chi connectivity index (χ0) is 16.1. The van der Waals surface area contributed by atoms with Crippen LogP contribution in [0.5, 0.6) is 0 Å². The largest absolute Gasteiger partial charge is 0.342 e. The molecule has 1 aliphatic rings. The minimum atomic E-state index is -0.882. The van der Waals surface area contributed by atoms with Gasteiger partial charge in [0.2, 0.25) is 5.91 Å². The lowest BCUT2D eigenvalue weighted by molar-refractivity contribution is -0.130.